The van der Waals surface area contributed by atoms with Gasteiger partial charge >= 0.3 is 0 Å². The Bertz CT molecular complexity index is 479. The first-order chi connectivity index (χ1) is 8.66. The summed E-state index contributed by atoms with van der Waals surface area (Å²) in [5.74, 6) is 1.35. The molecule has 0 spiro atoms. The highest BCUT2D eigenvalue weighted by atomic mass is 16.3. The molecule has 1 aromatic heterocycles. The van der Waals surface area contributed by atoms with Crippen LogP contribution >= 0.6 is 0 Å². The molecular formula is C14H19N3O. The molecular weight excluding hydrogens is 226 g/mol. The maximum atomic E-state index is 10.2. The fourth-order valence-corrected chi connectivity index (χ4v) is 1.91. The molecule has 1 unspecified atom stereocenters. The van der Waals surface area contributed by atoms with Gasteiger partial charge in [-0.15, -0.1) is 0 Å². The van der Waals surface area contributed by atoms with E-state index >= 15 is 0 Å². The molecule has 0 bridgehead atoms. The van der Waals surface area contributed by atoms with Crippen LogP contribution in [0.1, 0.15) is 31.3 Å². The van der Waals surface area contributed by atoms with Gasteiger partial charge in [-0.1, -0.05) is 44.2 Å². The Labute approximate surface area is 107 Å². The van der Waals surface area contributed by atoms with Crippen LogP contribution in [-0.4, -0.2) is 19.9 Å². The average Bonchev–Trinajstić information content (AvgIpc) is 2.77. The molecule has 4 nitrogen and oxygen atoms in total. The highest BCUT2D eigenvalue weighted by Crippen LogP contribution is 2.16. The van der Waals surface area contributed by atoms with Crippen molar-refractivity contribution in [1.29, 1.82) is 0 Å². The SMILES string of the molecule is CC(C)Cn1ncnc1CC(O)c1ccccc1. The Morgan fingerprint density at radius 3 is 2.61 bits per heavy atom. The quantitative estimate of drug-likeness (QED) is 0.878. The predicted molar refractivity (Wildman–Crippen MR) is 70.0 cm³/mol. The lowest BCUT2D eigenvalue weighted by atomic mass is 10.1. The number of aliphatic hydroxyl groups is 1. The van der Waals surface area contributed by atoms with E-state index < -0.39 is 6.10 Å². The Morgan fingerprint density at radius 1 is 1.22 bits per heavy atom. The van der Waals surface area contributed by atoms with Crippen molar-refractivity contribution >= 4 is 0 Å². The zero-order valence-electron chi connectivity index (χ0n) is 10.8. The van der Waals surface area contributed by atoms with Gasteiger partial charge in [0.15, 0.2) is 0 Å². The highest BCUT2D eigenvalue weighted by molar-refractivity contribution is 5.18. The van der Waals surface area contributed by atoms with Crippen LogP contribution in [0.4, 0.5) is 0 Å². The number of aliphatic hydroxyl groups excluding tert-OH is 1. The van der Waals surface area contributed by atoms with E-state index in [-0.39, 0.29) is 0 Å². The number of hydrogen-bond acceptors (Lipinski definition) is 3. The maximum absolute atomic E-state index is 10.2. The Morgan fingerprint density at radius 2 is 1.94 bits per heavy atom. The van der Waals surface area contributed by atoms with Gasteiger partial charge in [0, 0.05) is 13.0 Å². The van der Waals surface area contributed by atoms with Crippen LogP contribution in [0.15, 0.2) is 36.7 Å². The third-order valence-corrected chi connectivity index (χ3v) is 2.79. The van der Waals surface area contributed by atoms with Crippen molar-refractivity contribution in [1.82, 2.24) is 14.8 Å². The predicted octanol–water partition coefficient (Wildman–Crippen LogP) is 2.21. The second-order valence-electron chi connectivity index (χ2n) is 4.88. The summed E-state index contributed by atoms with van der Waals surface area (Å²) in [5.41, 5.74) is 0.914. The standard InChI is InChI=1S/C14H19N3O/c1-11(2)9-17-14(15-10-16-17)8-13(18)12-6-4-3-5-7-12/h3-7,10-11,13,18H,8-9H2,1-2H3. The molecule has 0 amide bonds. The zero-order chi connectivity index (χ0) is 13.0. The normalized spacial score (nSPS) is 12.9. The van der Waals surface area contributed by atoms with Gasteiger partial charge in [-0.25, -0.2) is 9.67 Å². The van der Waals surface area contributed by atoms with Gasteiger partial charge in [0.1, 0.15) is 12.2 Å². The topological polar surface area (TPSA) is 50.9 Å². The largest absolute Gasteiger partial charge is 0.388 e. The molecule has 96 valence electrons. The summed E-state index contributed by atoms with van der Waals surface area (Å²) in [6.45, 7) is 5.11. The lowest BCUT2D eigenvalue weighted by Gasteiger charge is -2.12. The molecule has 0 saturated heterocycles. The van der Waals surface area contributed by atoms with E-state index in [1.807, 2.05) is 35.0 Å². The van der Waals surface area contributed by atoms with Crippen molar-refractivity contribution in [3.8, 4) is 0 Å². The minimum Gasteiger partial charge on any atom is -0.388 e. The first-order valence-electron chi connectivity index (χ1n) is 6.26. The third-order valence-electron chi connectivity index (χ3n) is 2.79. The highest BCUT2D eigenvalue weighted by Gasteiger charge is 2.13. The number of benzene rings is 1. The Balaban J connectivity index is 2.08. The Hall–Kier alpha value is -1.68. The molecule has 0 saturated carbocycles. The number of rotatable bonds is 5. The molecule has 1 N–H and O–H groups in total. The summed E-state index contributed by atoms with van der Waals surface area (Å²) in [7, 11) is 0. The van der Waals surface area contributed by atoms with Gasteiger partial charge in [0.25, 0.3) is 0 Å². The minimum absolute atomic E-state index is 0.497. The molecule has 4 heteroatoms. The van der Waals surface area contributed by atoms with Crippen LogP contribution < -0.4 is 0 Å². The van der Waals surface area contributed by atoms with Crippen molar-refractivity contribution in [2.75, 3.05) is 0 Å². The van der Waals surface area contributed by atoms with Crippen LogP contribution in [0.25, 0.3) is 0 Å². The van der Waals surface area contributed by atoms with Crippen LogP contribution in [0.5, 0.6) is 0 Å². The molecule has 2 aromatic rings. The average molecular weight is 245 g/mol. The van der Waals surface area contributed by atoms with E-state index in [0.29, 0.717) is 12.3 Å². The van der Waals surface area contributed by atoms with Crippen LogP contribution in [0, 0.1) is 5.92 Å². The molecule has 1 aromatic carbocycles. The van der Waals surface area contributed by atoms with Crippen LogP contribution in [0.3, 0.4) is 0 Å². The van der Waals surface area contributed by atoms with Crippen molar-refractivity contribution in [2.45, 2.75) is 32.9 Å². The van der Waals surface area contributed by atoms with E-state index in [2.05, 4.69) is 23.9 Å². The fourth-order valence-electron chi connectivity index (χ4n) is 1.91. The van der Waals surface area contributed by atoms with E-state index in [0.717, 1.165) is 17.9 Å². The Kier molecular flexibility index (Phi) is 4.10. The molecule has 0 aliphatic heterocycles. The monoisotopic (exact) mass is 245 g/mol. The van der Waals surface area contributed by atoms with Gasteiger partial charge in [0.2, 0.25) is 0 Å². The summed E-state index contributed by atoms with van der Waals surface area (Å²) in [6.07, 6.45) is 1.52. The van der Waals surface area contributed by atoms with Crippen LogP contribution in [-0.2, 0) is 13.0 Å². The van der Waals surface area contributed by atoms with Gasteiger partial charge < -0.3 is 5.11 Å². The van der Waals surface area contributed by atoms with E-state index in [1.165, 1.54) is 0 Å². The summed E-state index contributed by atoms with van der Waals surface area (Å²) in [5, 5.41) is 14.4. The smallest absolute Gasteiger partial charge is 0.138 e. The molecule has 1 heterocycles. The number of hydrogen-bond donors (Lipinski definition) is 1. The molecule has 0 fully saturated rings. The molecule has 0 aliphatic rings. The van der Waals surface area contributed by atoms with E-state index in [9.17, 15) is 5.11 Å². The molecule has 0 radical (unpaired) electrons. The second-order valence-corrected chi connectivity index (χ2v) is 4.88. The molecule has 0 aliphatic carbocycles. The summed E-state index contributed by atoms with van der Waals surface area (Å²) in [4.78, 5) is 4.23. The number of aromatic nitrogens is 3. The van der Waals surface area contributed by atoms with Gasteiger partial charge in [-0.3, -0.25) is 0 Å². The molecule has 2 rings (SSSR count). The van der Waals surface area contributed by atoms with Crippen LogP contribution in [0.2, 0.25) is 0 Å². The van der Waals surface area contributed by atoms with Gasteiger partial charge in [-0.2, -0.15) is 5.10 Å². The first-order valence-corrected chi connectivity index (χ1v) is 6.26. The first kappa shape index (κ1) is 12.8. The third kappa shape index (κ3) is 3.17. The number of nitrogens with zero attached hydrogens (tertiary/aromatic N) is 3. The fraction of sp³-hybridized carbons (Fsp3) is 0.429. The summed E-state index contributed by atoms with van der Waals surface area (Å²) in [6, 6.07) is 9.65. The van der Waals surface area contributed by atoms with Crippen molar-refractivity contribution in [3.05, 3.63) is 48.0 Å². The van der Waals surface area contributed by atoms with Crippen molar-refractivity contribution in [2.24, 2.45) is 5.92 Å². The maximum Gasteiger partial charge on any atom is 0.138 e. The molecule has 1 atom stereocenters. The van der Waals surface area contributed by atoms with Crippen molar-refractivity contribution in [3.63, 3.8) is 0 Å². The van der Waals surface area contributed by atoms with E-state index in [4.69, 9.17) is 0 Å². The molecule has 18 heavy (non-hydrogen) atoms. The van der Waals surface area contributed by atoms with Gasteiger partial charge in [0.05, 0.1) is 6.10 Å². The van der Waals surface area contributed by atoms with Crippen molar-refractivity contribution < 1.29 is 5.11 Å². The minimum atomic E-state index is -0.527. The zero-order valence-corrected chi connectivity index (χ0v) is 10.8. The lowest BCUT2D eigenvalue weighted by molar-refractivity contribution is 0.173. The second kappa shape index (κ2) is 5.78. The van der Waals surface area contributed by atoms with E-state index in [1.54, 1.807) is 6.33 Å². The lowest BCUT2D eigenvalue weighted by Crippen LogP contribution is -2.13. The van der Waals surface area contributed by atoms with Gasteiger partial charge in [-0.05, 0) is 11.5 Å². The summed E-state index contributed by atoms with van der Waals surface area (Å²) >= 11 is 0. The summed E-state index contributed by atoms with van der Waals surface area (Å²) < 4.78 is 1.87.